The molecule has 19 heavy (non-hydrogen) atoms. The molecule has 0 aliphatic heterocycles. The number of rotatable bonds is 4. The Hall–Kier alpha value is -1.26. The highest BCUT2D eigenvalue weighted by atomic mass is 35.5. The molecule has 0 saturated heterocycles. The zero-order chi connectivity index (χ0) is 13.4. The molecule has 0 unspecified atom stereocenters. The lowest BCUT2D eigenvalue weighted by molar-refractivity contribution is 0.628. The third kappa shape index (κ3) is 2.69. The molecule has 2 N–H and O–H groups in total. The first kappa shape index (κ1) is 12.8. The van der Waals surface area contributed by atoms with Crippen LogP contribution in [0, 0.1) is 5.82 Å². The summed E-state index contributed by atoms with van der Waals surface area (Å²) >= 11 is 7.60. The molecule has 0 amide bonds. The van der Waals surface area contributed by atoms with Gasteiger partial charge in [0.25, 0.3) is 0 Å². The van der Waals surface area contributed by atoms with Crippen molar-refractivity contribution in [1.82, 2.24) is 0 Å². The van der Waals surface area contributed by atoms with E-state index in [4.69, 9.17) is 17.3 Å². The molecule has 2 aromatic rings. The number of nitrogens with two attached hydrogens (primary N) is 1. The quantitative estimate of drug-likeness (QED) is 0.853. The van der Waals surface area contributed by atoms with Gasteiger partial charge in [0.15, 0.2) is 0 Å². The van der Waals surface area contributed by atoms with Crippen molar-refractivity contribution in [3.05, 3.63) is 45.4 Å². The Kier molecular flexibility index (Phi) is 3.37. The van der Waals surface area contributed by atoms with Gasteiger partial charge in [-0.3, -0.25) is 0 Å². The van der Waals surface area contributed by atoms with E-state index in [-0.39, 0.29) is 5.02 Å². The molecule has 1 aliphatic carbocycles. The van der Waals surface area contributed by atoms with Gasteiger partial charge in [-0.2, -0.15) is 0 Å². The van der Waals surface area contributed by atoms with Crippen molar-refractivity contribution < 1.29 is 4.39 Å². The first-order valence-electron chi connectivity index (χ1n) is 6.18. The minimum atomic E-state index is -0.463. The number of hydrogen-bond acceptors (Lipinski definition) is 3. The maximum atomic E-state index is 13.4. The van der Waals surface area contributed by atoms with Gasteiger partial charge in [0.1, 0.15) is 5.82 Å². The minimum absolute atomic E-state index is 0.126. The van der Waals surface area contributed by atoms with Crippen LogP contribution >= 0.6 is 22.9 Å². The summed E-state index contributed by atoms with van der Waals surface area (Å²) in [7, 11) is 0. The normalized spacial score (nSPS) is 14.6. The van der Waals surface area contributed by atoms with Crippen LogP contribution in [-0.4, -0.2) is 6.04 Å². The molecule has 0 spiro atoms. The molecule has 0 radical (unpaired) electrons. The number of hydrogen-bond donors (Lipinski definition) is 1. The molecule has 1 aromatic heterocycles. The number of anilines is 2. The summed E-state index contributed by atoms with van der Waals surface area (Å²) in [6.45, 7) is 0.800. The van der Waals surface area contributed by atoms with E-state index in [1.807, 2.05) is 6.07 Å². The maximum absolute atomic E-state index is 13.4. The summed E-state index contributed by atoms with van der Waals surface area (Å²) in [6.07, 6.45) is 2.31. The third-order valence-electron chi connectivity index (χ3n) is 3.27. The first-order chi connectivity index (χ1) is 9.15. The number of nitrogen functional groups attached to an aromatic ring is 1. The van der Waals surface area contributed by atoms with Gasteiger partial charge in [0.05, 0.1) is 22.9 Å². The minimum Gasteiger partial charge on any atom is -0.397 e. The molecule has 3 rings (SSSR count). The molecular weight excluding hydrogens is 283 g/mol. The van der Waals surface area contributed by atoms with Gasteiger partial charge < -0.3 is 10.6 Å². The SMILES string of the molecule is Nc1cc(F)c(Cl)cc1N(Cc1cccs1)C1CC1. The van der Waals surface area contributed by atoms with Crippen LogP contribution in [0.4, 0.5) is 15.8 Å². The lowest BCUT2D eigenvalue weighted by Crippen LogP contribution is -2.25. The maximum Gasteiger partial charge on any atom is 0.143 e. The van der Waals surface area contributed by atoms with Gasteiger partial charge >= 0.3 is 0 Å². The third-order valence-corrected chi connectivity index (χ3v) is 4.42. The standard InChI is InChI=1S/C14H14ClFN2S/c15-11-6-14(13(17)7-12(11)16)18(9-3-4-9)8-10-2-1-5-19-10/h1-2,5-7,9H,3-4,8,17H2. The van der Waals surface area contributed by atoms with Crippen LogP contribution < -0.4 is 10.6 Å². The lowest BCUT2D eigenvalue weighted by Gasteiger charge is -2.26. The summed E-state index contributed by atoms with van der Waals surface area (Å²) in [5, 5.41) is 2.18. The van der Waals surface area contributed by atoms with Crippen molar-refractivity contribution in [2.75, 3.05) is 10.6 Å². The number of halogens is 2. The van der Waals surface area contributed by atoms with Gasteiger partial charge in [-0.25, -0.2) is 4.39 Å². The summed E-state index contributed by atoms with van der Waals surface area (Å²) in [4.78, 5) is 3.50. The van der Waals surface area contributed by atoms with Crippen LogP contribution in [0.15, 0.2) is 29.6 Å². The molecule has 1 saturated carbocycles. The molecule has 1 aromatic carbocycles. The van der Waals surface area contributed by atoms with Crippen molar-refractivity contribution in [2.24, 2.45) is 0 Å². The Morgan fingerprint density at radius 3 is 2.84 bits per heavy atom. The fourth-order valence-electron chi connectivity index (χ4n) is 2.17. The Labute approximate surface area is 120 Å². The van der Waals surface area contributed by atoms with Gasteiger partial charge in [-0.15, -0.1) is 11.3 Å². The Balaban J connectivity index is 1.94. The summed E-state index contributed by atoms with van der Waals surface area (Å²) in [5.74, 6) is -0.463. The topological polar surface area (TPSA) is 29.3 Å². The van der Waals surface area contributed by atoms with Crippen molar-refractivity contribution in [3.8, 4) is 0 Å². The zero-order valence-electron chi connectivity index (χ0n) is 10.3. The second kappa shape index (κ2) is 5.02. The van der Waals surface area contributed by atoms with Crippen molar-refractivity contribution in [1.29, 1.82) is 0 Å². The predicted octanol–water partition coefficient (Wildman–Crippen LogP) is 4.29. The van der Waals surface area contributed by atoms with E-state index in [0.717, 1.165) is 25.1 Å². The molecule has 0 bridgehead atoms. The van der Waals surface area contributed by atoms with Crippen molar-refractivity contribution in [2.45, 2.75) is 25.4 Å². The molecule has 5 heteroatoms. The highest BCUT2D eigenvalue weighted by Crippen LogP contribution is 2.38. The van der Waals surface area contributed by atoms with E-state index in [0.29, 0.717) is 11.7 Å². The van der Waals surface area contributed by atoms with Gasteiger partial charge in [-0.05, 0) is 30.4 Å². The Bertz CT molecular complexity index is 581. The predicted molar refractivity (Wildman–Crippen MR) is 79.3 cm³/mol. The summed E-state index contributed by atoms with van der Waals surface area (Å²) in [6, 6.07) is 7.57. The van der Waals surface area contributed by atoms with Gasteiger partial charge in [0.2, 0.25) is 0 Å². The summed E-state index contributed by atoms with van der Waals surface area (Å²) < 4.78 is 13.4. The van der Waals surface area contributed by atoms with E-state index in [1.165, 1.54) is 10.9 Å². The fourth-order valence-corrected chi connectivity index (χ4v) is 3.03. The molecule has 1 aliphatic rings. The Morgan fingerprint density at radius 1 is 1.42 bits per heavy atom. The van der Waals surface area contributed by atoms with E-state index in [2.05, 4.69) is 16.3 Å². The number of thiophene rings is 1. The molecule has 100 valence electrons. The molecule has 2 nitrogen and oxygen atoms in total. The molecular formula is C14H14ClFN2S. The fraction of sp³-hybridized carbons (Fsp3) is 0.286. The number of nitrogens with zero attached hydrogens (tertiary/aromatic N) is 1. The van der Waals surface area contributed by atoms with Crippen LogP contribution in [0.25, 0.3) is 0 Å². The van der Waals surface area contributed by atoms with E-state index in [9.17, 15) is 4.39 Å². The van der Waals surface area contributed by atoms with Crippen LogP contribution in [0.1, 0.15) is 17.7 Å². The second-order valence-electron chi connectivity index (χ2n) is 4.76. The van der Waals surface area contributed by atoms with Crippen LogP contribution in [0.2, 0.25) is 5.02 Å². The molecule has 1 heterocycles. The van der Waals surface area contributed by atoms with Gasteiger partial charge in [0, 0.05) is 17.0 Å². The van der Waals surface area contributed by atoms with Crippen LogP contribution in [0.3, 0.4) is 0 Å². The average Bonchev–Trinajstić information content (AvgIpc) is 3.09. The van der Waals surface area contributed by atoms with E-state index >= 15 is 0 Å². The summed E-state index contributed by atoms with van der Waals surface area (Å²) in [5.41, 5.74) is 7.23. The monoisotopic (exact) mass is 296 g/mol. The second-order valence-corrected chi connectivity index (χ2v) is 6.20. The highest BCUT2D eigenvalue weighted by Gasteiger charge is 2.31. The Morgan fingerprint density at radius 2 is 2.21 bits per heavy atom. The lowest BCUT2D eigenvalue weighted by atomic mass is 10.2. The molecule has 0 atom stereocenters. The van der Waals surface area contributed by atoms with Crippen molar-refractivity contribution in [3.63, 3.8) is 0 Å². The van der Waals surface area contributed by atoms with E-state index < -0.39 is 5.82 Å². The zero-order valence-corrected chi connectivity index (χ0v) is 11.8. The van der Waals surface area contributed by atoms with Gasteiger partial charge in [-0.1, -0.05) is 17.7 Å². The number of benzene rings is 1. The largest absolute Gasteiger partial charge is 0.397 e. The smallest absolute Gasteiger partial charge is 0.143 e. The average molecular weight is 297 g/mol. The van der Waals surface area contributed by atoms with Crippen LogP contribution in [-0.2, 0) is 6.54 Å². The molecule has 1 fully saturated rings. The van der Waals surface area contributed by atoms with E-state index in [1.54, 1.807) is 17.4 Å². The van der Waals surface area contributed by atoms with Crippen molar-refractivity contribution >= 4 is 34.3 Å². The first-order valence-corrected chi connectivity index (χ1v) is 7.44. The highest BCUT2D eigenvalue weighted by molar-refractivity contribution is 7.09. The van der Waals surface area contributed by atoms with Crippen LogP contribution in [0.5, 0.6) is 0 Å².